The molecule has 1 aromatic carbocycles. The summed E-state index contributed by atoms with van der Waals surface area (Å²) in [6.45, 7) is 7.78. The van der Waals surface area contributed by atoms with Crippen LogP contribution in [0.1, 0.15) is 26.7 Å². The molecule has 0 fully saturated rings. The normalized spacial score (nSPS) is 11.5. The number of hydrogen-bond donors (Lipinski definition) is 0. The van der Waals surface area contributed by atoms with Gasteiger partial charge in [0, 0.05) is 12.5 Å². The van der Waals surface area contributed by atoms with Crippen molar-refractivity contribution in [3.8, 4) is 17.2 Å². The number of aryl methyl sites for hydroxylation is 1. The Morgan fingerprint density at radius 1 is 1.12 bits per heavy atom. The van der Waals surface area contributed by atoms with Crippen LogP contribution in [0.2, 0.25) is 0 Å². The first-order valence-electron chi connectivity index (χ1n) is 5.67. The van der Waals surface area contributed by atoms with Crippen LogP contribution in [0.15, 0.2) is 34.7 Å². The molecule has 17 heavy (non-hydrogen) atoms. The van der Waals surface area contributed by atoms with E-state index in [-0.39, 0.29) is 5.60 Å². The van der Waals surface area contributed by atoms with E-state index in [1.807, 2.05) is 58.0 Å². The summed E-state index contributed by atoms with van der Waals surface area (Å²) < 4.78 is 11.3. The molecular weight excluding hydrogens is 214 g/mol. The molecule has 0 atom stereocenters. The summed E-state index contributed by atoms with van der Waals surface area (Å²) in [4.78, 5) is 4.37. The molecule has 0 N–H and O–H groups in total. The van der Waals surface area contributed by atoms with Gasteiger partial charge in [-0.15, -0.1) is 0 Å². The maximum Gasteiger partial charge on any atom is 0.314 e. The average molecular weight is 231 g/mol. The molecule has 0 saturated carbocycles. The van der Waals surface area contributed by atoms with Gasteiger partial charge < -0.3 is 9.15 Å². The molecule has 2 aromatic rings. The predicted molar refractivity (Wildman–Crippen MR) is 67.1 cm³/mol. The van der Waals surface area contributed by atoms with Crippen LogP contribution in [0.25, 0.3) is 11.3 Å². The zero-order valence-electron chi connectivity index (χ0n) is 10.7. The number of rotatable bonds is 2. The van der Waals surface area contributed by atoms with Crippen molar-refractivity contribution >= 4 is 0 Å². The van der Waals surface area contributed by atoms with Crippen molar-refractivity contribution in [3.63, 3.8) is 0 Å². The lowest BCUT2D eigenvalue weighted by Gasteiger charge is -2.19. The fraction of sp³-hybridized carbons (Fsp3) is 0.357. The molecular formula is C14H17NO2. The zero-order chi connectivity index (χ0) is 12.5. The van der Waals surface area contributed by atoms with E-state index >= 15 is 0 Å². The molecule has 2 rings (SSSR count). The largest absolute Gasteiger partial charge is 0.458 e. The Morgan fingerprint density at radius 3 is 2.35 bits per heavy atom. The highest BCUT2D eigenvalue weighted by Crippen LogP contribution is 2.32. The van der Waals surface area contributed by atoms with Gasteiger partial charge in [0.1, 0.15) is 5.60 Å². The molecule has 1 aromatic heterocycles. The Hall–Kier alpha value is -1.77. The minimum Gasteiger partial charge on any atom is -0.458 e. The number of benzene rings is 1. The molecule has 0 unspecified atom stereocenters. The van der Waals surface area contributed by atoms with E-state index in [2.05, 4.69) is 4.98 Å². The minimum atomic E-state index is -0.296. The van der Waals surface area contributed by atoms with Gasteiger partial charge in [0.15, 0.2) is 11.6 Å². The third-order valence-electron chi connectivity index (χ3n) is 2.15. The lowest BCUT2D eigenvalue weighted by atomic mass is 10.1. The SMILES string of the molecule is Cc1nc(-c2ccccc2)c(OC(C)(C)C)o1. The Bertz CT molecular complexity index is 495. The van der Waals surface area contributed by atoms with Crippen LogP contribution in [-0.4, -0.2) is 10.6 Å². The van der Waals surface area contributed by atoms with Crippen molar-refractivity contribution in [2.45, 2.75) is 33.3 Å². The summed E-state index contributed by atoms with van der Waals surface area (Å²) in [7, 11) is 0. The zero-order valence-corrected chi connectivity index (χ0v) is 10.7. The molecule has 0 bridgehead atoms. The summed E-state index contributed by atoms with van der Waals surface area (Å²) in [5.41, 5.74) is 1.47. The van der Waals surface area contributed by atoms with Crippen molar-refractivity contribution in [3.05, 3.63) is 36.2 Å². The maximum absolute atomic E-state index is 5.78. The van der Waals surface area contributed by atoms with Crippen LogP contribution in [0.4, 0.5) is 0 Å². The molecule has 1 heterocycles. The second-order valence-electron chi connectivity index (χ2n) is 4.95. The highest BCUT2D eigenvalue weighted by molar-refractivity contribution is 5.63. The van der Waals surface area contributed by atoms with Gasteiger partial charge in [0.25, 0.3) is 0 Å². The second-order valence-corrected chi connectivity index (χ2v) is 4.95. The number of ether oxygens (including phenoxy) is 1. The minimum absolute atomic E-state index is 0.296. The van der Waals surface area contributed by atoms with Crippen molar-refractivity contribution in [1.82, 2.24) is 4.98 Å². The third kappa shape index (κ3) is 2.87. The summed E-state index contributed by atoms with van der Waals surface area (Å²) in [5.74, 6) is 1.10. The molecule has 0 saturated heterocycles. The van der Waals surface area contributed by atoms with Crippen LogP contribution < -0.4 is 4.74 Å². The van der Waals surface area contributed by atoms with E-state index in [9.17, 15) is 0 Å². The van der Waals surface area contributed by atoms with Gasteiger partial charge in [0.2, 0.25) is 0 Å². The molecule has 0 amide bonds. The summed E-state index contributed by atoms with van der Waals surface area (Å²) >= 11 is 0. The predicted octanol–water partition coefficient (Wildman–Crippen LogP) is 3.83. The van der Waals surface area contributed by atoms with Crippen LogP contribution in [0.3, 0.4) is 0 Å². The van der Waals surface area contributed by atoms with Gasteiger partial charge in [-0.25, -0.2) is 4.98 Å². The van der Waals surface area contributed by atoms with Gasteiger partial charge in [-0.2, -0.15) is 0 Å². The van der Waals surface area contributed by atoms with E-state index in [4.69, 9.17) is 9.15 Å². The second kappa shape index (κ2) is 4.24. The quantitative estimate of drug-likeness (QED) is 0.788. The standard InChI is InChI=1S/C14H17NO2/c1-10-15-12(11-8-6-5-7-9-11)13(16-10)17-14(2,3)4/h5-9H,1-4H3. The number of oxazole rings is 1. The number of nitrogens with zero attached hydrogens (tertiary/aromatic N) is 1. The number of aromatic nitrogens is 1. The summed E-state index contributed by atoms with van der Waals surface area (Å²) in [6, 6.07) is 9.90. The topological polar surface area (TPSA) is 35.3 Å². The maximum atomic E-state index is 5.78. The van der Waals surface area contributed by atoms with Crippen LogP contribution in [-0.2, 0) is 0 Å². The fourth-order valence-corrected chi connectivity index (χ4v) is 1.53. The van der Waals surface area contributed by atoms with Crippen molar-refractivity contribution in [1.29, 1.82) is 0 Å². The van der Waals surface area contributed by atoms with Gasteiger partial charge in [0.05, 0.1) is 0 Å². The molecule has 90 valence electrons. The van der Waals surface area contributed by atoms with Crippen molar-refractivity contribution < 1.29 is 9.15 Å². The highest BCUT2D eigenvalue weighted by atomic mass is 16.6. The Labute approximate surface area is 101 Å². The Kier molecular flexibility index (Phi) is 2.92. The monoisotopic (exact) mass is 231 g/mol. The van der Waals surface area contributed by atoms with E-state index in [1.165, 1.54) is 0 Å². The molecule has 0 aliphatic carbocycles. The van der Waals surface area contributed by atoms with Crippen LogP contribution in [0, 0.1) is 6.92 Å². The summed E-state index contributed by atoms with van der Waals surface area (Å²) in [6.07, 6.45) is 0. The van der Waals surface area contributed by atoms with E-state index < -0.39 is 0 Å². The van der Waals surface area contributed by atoms with Crippen molar-refractivity contribution in [2.24, 2.45) is 0 Å². The van der Waals surface area contributed by atoms with Gasteiger partial charge in [-0.05, 0) is 20.8 Å². The Balaban J connectivity index is 2.41. The molecule has 3 heteroatoms. The highest BCUT2D eigenvalue weighted by Gasteiger charge is 2.20. The lowest BCUT2D eigenvalue weighted by molar-refractivity contribution is 0.0948. The Morgan fingerprint density at radius 2 is 1.76 bits per heavy atom. The summed E-state index contributed by atoms with van der Waals surface area (Å²) in [5, 5.41) is 0. The van der Waals surface area contributed by atoms with E-state index in [1.54, 1.807) is 0 Å². The molecule has 0 aliphatic heterocycles. The smallest absolute Gasteiger partial charge is 0.314 e. The van der Waals surface area contributed by atoms with E-state index in [0.29, 0.717) is 11.8 Å². The van der Waals surface area contributed by atoms with Gasteiger partial charge in [-0.1, -0.05) is 30.3 Å². The van der Waals surface area contributed by atoms with Crippen LogP contribution in [0.5, 0.6) is 5.95 Å². The number of hydrogen-bond acceptors (Lipinski definition) is 3. The van der Waals surface area contributed by atoms with Gasteiger partial charge in [-0.3, -0.25) is 0 Å². The molecule has 3 nitrogen and oxygen atoms in total. The third-order valence-corrected chi connectivity index (χ3v) is 2.15. The first kappa shape index (κ1) is 11.7. The van der Waals surface area contributed by atoms with Crippen molar-refractivity contribution in [2.75, 3.05) is 0 Å². The lowest BCUT2D eigenvalue weighted by Crippen LogP contribution is -2.23. The van der Waals surface area contributed by atoms with E-state index in [0.717, 1.165) is 11.3 Å². The molecule has 0 spiro atoms. The first-order valence-corrected chi connectivity index (χ1v) is 5.67. The molecule has 0 aliphatic rings. The fourth-order valence-electron chi connectivity index (χ4n) is 1.53. The van der Waals surface area contributed by atoms with Gasteiger partial charge >= 0.3 is 5.95 Å². The first-order chi connectivity index (χ1) is 7.96. The average Bonchev–Trinajstić information content (AvgIpc) is 2.58. The molecule has 0 radical (unpaired) electrons. The van der Waals surface area contributed by atoms with Crippen LogP contribution >= 0.6 is 0 Å².